The monoisotopic (exact) mass is 150 g/mol. The average Bonchev–Trinajstić information content (AvgIpc) is 2.29. The largest absolute Gasteiger partial charge is 0.497 e. The van der Waals surface area contributed by atoms with Crippen molar-refractivity contribution in [2.45, 2.75) is 20.3 Å². The molecule has 1 fully saturated rings. The molecule has 1 unspecified atom stereocenters. The molecular formula is C10H14O. The maximum absolute atomic E-state index is 5.58. The molecule has 0 N–H and O–H groups in total. The Kier molecular flexibility index (Phi) is 1.35. The Bertz CT molecular complexity index is 223. The van der Waals surface area contributed by atoms with Crippen LogP contribution in [0.3, 0.4) is 0 Å². The van der Waals surface area contributed by atoms with E-state index in [-0.39, 0.29) is 0 Å². The van der Waals surface area contributed by atoms with Crippen molar-refractivity contribution in [3.05, 3.63) is 24.0 Å². The van der Waals surface area contributed by atoms with Crippen LogP contribution in [0, 0.1) is 11.3 Å². The average molecular weight is 150 g/mol. The summed E-state index contributed by atoms with van der Waals surface area (Å²) in [6.07, 6.45) is 7.57. The van der Waals surface area contributed by atoms with Gasteiger partial charge in [0.15, 0.2) is 0 Å². The Morgan fingerprint density at radius 1 is 1.55 bits per heavy atom. The molecule has 0 aromatic carbocycles. The summed E-state index contributed by atoms with van der Waals surface area (Å²) in [5.41, 5.74) is 0.344. The summed E-state index contributed by atoms with van der Waals surface area (Å²) in [4.78, 5) is 0. The van der Waals surface area contributed by atoms with Crippen molar-refractivity contribution >= 4 is 0 Å². The summed E-state index contributed by atoms with van der Waals surface area (Å²) in [6.45, 7) is 5.43. The topological polar surface area (TPSA) is 9.23 Å². The highest BCUT2D eigenvalue weighted by Crippen LogP contribution is 2.43. The molecule has 2 aliphatic rings. The van der Waals surface area contributed by atoms with Gasteiger partial charge in [-0.25, -0.2) is 0 Å². The van der Waals surface area contributed by atoms with Gasteiger partial charge in [-0.3, -0.25) is 0 Å². The molecule has 1 atom stereocenters. The maximum atomic E-state index is 5.58. The number of fused-ring (bicyclic) bond motifs is 1. The number of hydrogen-bond donors (Lipinski definition) is 0. The van der Waals surface area contributed by atoms with Crippen LogP contribution >= 0.6 is 0 Å². The van der Waals surface area contributed by atoms with Crippen LogP contribution in [0.2, 0.25) is 0 Å². The summed E-state index contributed by atoms with van der Waals surface area (Å²) < 4.78 is 5.58. The first-order chi connectivity index (χ1) is 5.20. The van der Waals surface area contributed by atoms with Crippen molar-refractivity contribution in [1.82, 2.24) is 0 Å². The van der Waals surface area contributed by atoms with Crippen LogP contribution in [0.15, 0.2) is 24.0 Å². The molecule has 0 aromatic heterocycles. The summed E-state index contributed by atoms with van der Waals surface area (Å²) >= 11 is 0. The van der Waals surface area contributed by atoms with Gasteiger partial charge in [-0.05, 0) is 12.5 Å². The van der Waals surface area contributed by atoms with Gasteiger partial charge in [-0.2, -0.15) is 0 Å². The fraction of sp³-hybridized carbons (Fsp3) is 0.600. The van der Waals surface area contributed by atoms with Gasteiger partial charge >= 0.3 is 0 Å². The lowest BCUT2D eigenvalue weighted by Gasteiger charge is -2.23. The van der Waals surface area contributed by atoms with Crippen LogP contribution in [0.25, 0.3) is 0 Å². The van der Waals surface area contributed by atoms with Crippen molar-refractivity contribution in [3.63, 3.8) is 0 Å². The minimum Gasteiger partial charge on any atom is -0.497 e. The number of hydrogen-bond acceptors (Lipinski definition) is 1. The molecule has 1 heteroatoms. The minimum absolute atomic E-state index is 0.344. The van der Waals surface area contributed by atoms with Gasteiger partial charge in [0.25, 0.3) is 0 Å². The lowest BCUT2D eigenvalue weighted by Crippen LogP contribution is -2.21. The van der Waals surface area contributed by atoms with Crippen LogP contribution in [0.1, 0.15) is 20.3 Å². The van der Waals surface area contributed by atoms with Gasteiger partial charge in [-0.15, -0.1) is 0 Å². The summed E-state index contributed by atoms with van der Waals surface area (Å²) in [5.74, 6) is 1.82. The lowest BCUT2D eigenvalue weighted by atomic mass is 9.77. The standard InChI is InChI=1S/C10H14O/c1-10(2)7-11-9-6-4-3-5-8(9)10/h3-4,6,8H,5,7H2,1-2H3. The van der Waals surface area contributed by atoms with E-state index in [0.717, 1.165) is 13.0 Å². The maximum Gasteiger partial charge on any atom is 0.1000 e. The molecule has 1 saturated heterocycles. The predicted molar refractivity (Wildman–Crippen MR) is 45.1 cm³/mol. The van der Waals surface area contributed by atoms with E-state index in [1.54, 1.807) is 0 Å². The fourth-order valence-electron chi connectivity index (χ4n) is 1.83. The van der Waals surface area contributed by atoms with E-state index >= 15 is 0 Å². The molecule has 1 nitrogen and oxygen atoms in total. The van der Waals surface area contributed by atoms with Crippen LogP contribution in [-0.4, -0.2) is 6.61 Å². The Morgan fingerprint density at radius 3 is 3.09 bits per heavy atom. The first kappa shape index (κ1) is 6.96. The summed E-state index contributed by atoms with van der Waals surface area (Å²) in [5, 5.41) is 0. The third-order valence-corrected chi connectivity index (χ3v) is 2.67. The molecule has 2 rings (SSSR count). The normalized spacial score (nSPS) is 32.5. The van der Waals surface area contributed by atoms with E-state index in [1.165, 1.54) is 5.76 Å². The highest BCUT2D eigenvalue weighted by Gasteiger charge is 2.39. The van der Waals surface area contributed by atoms with Gasteiger partial charge in [0.2, 0.25) is 0 Å². The molecule has 0 bridgehead atoms. The van der Waals surface area contributed by atoms with E-state index in [2.05, 4.69) is 32.1 Å². The van der Waals surface area contributed by atoms with Gasteiger partial charge in [0.05, 0.1) is 12.4 Å². The zero-order valence-electron chi connectivity index (χ0n) is 7.13. The van der Waals surface area contributed by atoms with Crippen molar-refractivity contribution in [3.8, 4) is 0 Å². The molecule has 0 radical (unpaired) electrons. The summed E-state index contributed by atoms with van der Waals surface area (Å²) in [6, 6.07) is 0. The van der Waals surface area contributed by atoms with E-state index < -0.39 is 0 Å². The SMILES string of the molecule is CC1(C)COC2=CC=CCC21. The third-order valence-electron chi connectivity index (χ3n) is 2.67. The van der Waals surface area contributed by atoms with Crippen molar-refractivity contribution in [2.24, 2.45) is 11.3 Å². The Hall–Kier alpha value is -0.720. The van der Waals surface area contributed by atoms with Crippen LogP contribution in [-0.2, 0) is 4.74 Å². The quantitative estimate of drug-likeness (QED) is 0.515. The van der Waals surface area contributed by atoms with Crippen molar-refractivity contribution in [1.29, 1.82) is 0 Å². The highest BCUT2D eigenvalue weighted by molar-refractivity contribution is 5.21. The smallest absolute Gasteiger partial charge is 0.1000 e. The Balaban J connectivity index is 2.29. The first-order valence-electron chi connectivity index (χ1n) is 4.20. The Labute approximate surface area is 67.7 Å². The second-order valence-corrected chi connectivity index (χ2v) is 4.06. The third kappa shape index (κ3) is 0.991. The molecule has 1 aliphatic carbocycles. The second kappa shape index (κ2) is 2.13. The summed E-state index contributed by atoms with van der Waals surface area (Å²) in [7, 11) is 0. The Morgan fingerprint density at radius 2 is 2.36 bits per heavy atom. The van der Waals surface area contributed by atoms with Gasteiger partial charge in [0, 0.05) is 11.3 Å². The zero-order valence-corrected chi connectivity index (χ0v) is 7.13. The molecule has 0 saturated carbocycles. The van der Waals surface area contributed by atoms with E-state index in [1.807, 2.05) is 0 Å². The predicted octanol–water partition coefficient (Wildman–Crippen LogP) is 2.50. The van der Waals surface area contributed by atoms with E-state index in [9.17, 15) is 0 Å². The second-order valence-electron chi connectivity index (χ2n) is 4.06. The number of rotatable bonds is 0. The van der Waals surface area contributed by atoms with Crippen LogP contribution in [0.5, 0.6) is 0 Å². The number of ether oxygens (including phenoxy) is 1. The van der Waals surface area contributed by atoms with Crippen molar-refractivity contribution < 1.29 is 4.74 Å². The van der Waals surface area contributed by atoms with Crippen molar-refractivity contribution in [2.75, 3.05) is 6.61 Å². The highest BCUT2D eigenvalue weighted by atomic mass is 16.5. The lowest BCUT2D eigenvalue weighted by molar-refractivity contribution is 0.201. The van der Waals surface area contributed by atoms with Gasteiger partial charge in [-0.1, -0.05) is 26.0 Å². The van der Waals surface area contributed by atoms with Crippen LogP contribution in [0.4, 0.5) is 0 Å². The zero-order chi connectivity index (χ0) is 7.90. The van der Waals surface area contributed by atoms with Crippen LogP contribution < -0.4 is 0 Å². The fourth-order valence-corrected chi connectivity index (χ4v) is 1.83. The number of allylic oxidation sites excluding steroid dienone is 4. The minimum atomic E-state index is 0.344. The molecular weight excluding hydrogens is 136 g/mol. The molecule has 0 spiro atoms. The van der Waals surface area contributed by atoms with E-state index in [0.29, 0.717) is 11.3 Å². The molecule has 1 aliphatic heterocycles. The molecule has 0 amide bonds. The molecule has 0 aromatic rings. The molecule has 11 heavy (non-hydrogen) atoms. The van der Waals surface area contributed by atoms with Gasteiger partial charge < -0.3 is 4.74 Å². The van der Waals surface area contributed by atoms with E-state index in [4.69, 9.17) is 4.74 Å². The first-order valence-corrected chi connectivity index (χ1v) is 4.20. The molecule has 60 valence electrons. The van der Waals surface area contributed by atoms with Gasteiger partial charge in [0.1, 0.15) is 0 Å². The molecule has 1 heterocycles.